The van der Waals surface area contributed by atoms with Gasteiger partial charge in [0, 0.05) is 10.9 Å². The average Bonchev–Trinajstić information content (AvgIpc) is 2.85. The maximum Gasteiger partial charge on any atom is 0.332 e. The summed E-state index contributed by atoms with van der Waals surface area (Å²) in [6, 6.07) is 8.14. The molecule has 4 nitrogen and oxygen atoms in total. The van der Waals surface area contributed by atoms with Gasteiger partial charge in [-0.3, -0.25) is 0 Å². The molecule has 2 rings (SSSR count). The molecule has 0 saturated carbocycles. The van der Waals surface area contributed by atoms with Gasteiger partial charge >= 0.3 is 5.97 Å². The van der Waals surface area contributed by atoms with Gasteiger partial charge in [-0.2, -0.15) is 0 Å². The van der Waals surface area contributed by atoms with Crippen LogP contribution >= 0.6 is 11.3 Å². The largest absolute Gasteiger partial charge is 0.479 e. The van der Waals surface area contributed by atoms with Crippen LogP contribution in [0.25, 0.3) is 10.6 Å². The number of thiazole rings is 1. The van der Waals surface area contributed by atoms with Gasteiger partial charge in [0.2, 0.25) is 0 Å². The van der Waals surface area contributed by atoms with Gasteiger partial charge in [0.25, 0.3) is 0 Å². The third-order valence-corrected chi connectivity index (χ3v) is 3.62. The van der Waals surface area contributed by atoms with Crippen molar-refractivity contribution in [1.82, 2.24) is 4.98 Å². The lowest BCUT2D eigenvalue weighted by Crippen LogP contribution is -2.19. The monoisotopic (exact) mass is 277 g/mol. The highest BCUT2D eigenvalue weighted by atomic mass is 32.1. The number of nitrogens with zero attached hydrogens (tertiary/aromatic N) is 1. The Morgan fingerprint density at radius 3 is 2.74 bits per heavy atom. The van der Waals surface area contributed by atoms with Crippen LogP contribution in [0.1, 0.15) is 18.2 Å². The Morgan fingerprint density at radius 1 is 1.42 bits per heavy atom. The van der Waals surface area contributed by atoms with Gasteiger partial charge in [-0.15, -0.1) is 11.3 Å². The van der Waals surface area contributed by atoms with Crippen LogP contribution in [0.4, 0.5) is 0 Å². The Hall–Kier alpha value is -1.72. The zero-order valence-electron chi connectivity index (χ0n) is 10.8. The van der Waals surface area contributed by atoms with E-state index in [1.807, 2.05) is 36.6 Å². The lowest BCUT2D eigenvalue weighted by molar-refractivity contribution is -0.149. The Balaban J connectivity index is 2.03. The fourth-order valence-electron chi connectivity index (χ4n) is 1.48. The summed E-state index contributed by atoms with van der Waals surface area (Å²) in [5.74, 6) is -0.964. The molecule has 0 aliphatic carbocycles. The number of rotatable bonds is 5. The van der Waals surface area contributed by atoms with E-state index in [0.29, 0.717) is 0 Å². The molecule has 1 unspecified atom stereocenters. The van der Waals surface area contributed by atoms with Crippen molar-refractivity contribution in [3.05, 3.63) is 40.9 Å². The van der Waals surface area contributed by atoms with E-state index in [1.165, 1.54) is 23.8 Å². The molecule has 0 aliphatic heterocycles. The summed E-state index contributed by atoms with van der Waals surface area (Å²) in [5, 5.41) is 11.5. The Labute approximate surface area is 115 Å². The van der Waals surface area contributed by atoms with Gasteiger partial charge in [-0.1, -0.05) is 29.8 Å². The maximum absolute atomic E-state index is 10.6. The predicted molar refractivity (Wildman–Crippen MR) is 74.2 cm³/mol. The molecule has 0 radical (unpaired) electrons. The van der Waals surface area contributed by atoms with Crippen molar-refractivity contribution in [3.8, 4) is 10.6 Å². The number of aromatic nitrogens is 1. The van der Waals surface area contributed by atoms with E-state index in [0.717, 1.165) is 16.3 Å². The van der Waals surface area contributed by atoms with Crippen molar-refractivity contribution in [2.45, 2.75) is 26.6 Å². The van der Waals surface area contributed by atoms with E-state index in [2.05, 4.69) is 4.98 Å². The summed E-state index contributed by atoms with van der Waals surface area (Å²) in [4.78, 5) is 15.1. The van der Waals surface area contributed by atoms with Crippen LogP contribution in [0, 0.1) is 6.92 Å². The molecule has 0 bridgehead atoms. The molecule has 1 N–H and O–H groups in total. The average molecular weight is 277 g/mol. The molecule has 1 heterocycles. The lowest BCUT2D eigenvalue weighted by atomic mass is 10.2. The minimum absolute atomic E-state index is 0.218. The molecule has 1 atom stereocenters. The number of carbonyl (C=O) groups is 1. The number of aryl methyl sites for hydroxylation is 1. The van der Waals surface area contributed by atoms with Crippen LogP contribution in [0.3, 0.4) is 0 Å². The summed E-state index contributed by atoms with van der Waals surface area (Å²) < 4.78 is 5.20. The Bertz CT molecular complexity index is 562. The summed E-state index contributed by atoms with van der Waals surface area (Å²) in [6.45, 7) is 3.77. The third-order valence-electron chi connectivity index (χ3n) is 2.68. The van der Waals surface area contributed by atoms with Crippen molar-refractivity contribution >= 4 is 17.3 Å². The predicted octanol–water partition coefficient (Wildman–Crippen LogP) is 3.11. The Kier molecular flexibility index (Phi) is 4.29. The number of aliphatic carboxylic acids is 1. The molecule has 0 spiro atoms. The van der Waals surface area contributed by atoms with Gasteiger partial charge < -0.3 is 9.84 Å². The quantitative estimate of drug-likeness (QED) is 0.912. The van der Waals surface area contributed by atoms with Crippen LogP contribution in [0.2, 0.25) is 0 Å². The number of ether oxygens (including phenoxy) is 1. The van der Waals surface area contributed by atoms with Gasteiger partial charge in [-0.05, 0) is 13.8 Å². The molecule has 100 valence electrons. The summed E-state index contributed by atoms with van der Waals surface area (Å²) >= 11 is 1.53. The molecule has 0 amide bonds. The zero-order valence-corrected chi connectivity index (χ0v) is 11.6. The first-order chi connectivity index (χ1) is 9.06. The third kappa shape index (κ3) is 3.62. The van der Waals surface area contributed by atoms with Crippen molar-refractivity contribution in [3.63, 3.8) is 0 Å². The fourth-order valence-corrected chi connectivity index (χ4v) is 2.29. The molecule has 2 aromatic rings. The van der Waals surface area contributed by atoms with E-state index >= 15 is 0 Å². The molecule has 5 heteroatoms. The minimum atomic E-state index is -0.964. The van der Waals surface area contributed by atoms with Crippen LogP contribution in [0.15, 0.2) is 29.6 Å². The van der Waals surface area contributed by atoms with Crippen molar-refractivity contribution < 1.29 is 14.6 Å². The number of carboxylic acids is 1. The normalized spacial score (nSPS) is 12.3. The molecule has 1 aromatic carbocycles. The zero-order chi connectivity index (χ0) is 13.8. The standard InChI is InChI=1S/C14H15NO3S/c1-9-3-5-11(6-4-9)13-15-12(8-19-13)7-18-10(2)14(16)17/h3-6,8,10H,7H2,1-2H3,(H,16,17). The second kappa shape index (κ2) is 5.95. The smallest absolute Gasteiger partial charge is 0.332 e. The lowest BCUT2D eigenvalue weighted by Gasteiger charge is -2.05. The van der Waals surface area contributed by atoms with Crippen LogP contribution < -0.4 is 0 Å². The number of carboxylic acid groups (broad SMARTS) is 1. The topological polar surface area (TPSA) is 59.4 Å². The van der Waals surface area contributed by atoms with E-state index in [9.17, 15) is 4.79 Å². The van der Waals surface area contributed by atoms with E-state index in [-0.39, 0.29) is 6.61 Å². The molecule has 1 aromatic heterocycles. The summed E-state index contributed by atoms with van der Waals surface area (Å²) in [6.07, 6.45) is -0.815. The van der Waals surface area contributed by atoms with Crippen molar-refractivity contribution in [2.75, 3.05) is 0 Å². The van der Waals surface area contributed by atoms with E-state index < -0.39 is 12.1 Å². The summed E-state index contributed by atoms with van der Waals surface area (Å²) in [7, 11) is 0. The number of hydrogen-bond acceptors (Lipinski definition) is 4. The van der Waals surface area contributed by atoms with Crippen molar-refractivity contribution in [1.29, 1.82) is 0 Å². The second-order valence-electron chi connectivity index (χ2n) is 4.30. The van der Waals surface area contributed by atoms with Gasteiger partial charge in [0.05, 0.1) is 12.3 Å². The van der Waals surface area contributed by atoms with Crippen LogP contribution in [-0.2, 0) is 16.1 Å². The van der Waals surface area contributed by atoms with E-state index in [1.54, 1.807) is 0 Å². The molecule has 19 heavy (non-hydrogen) atoms. The summed E-state index contributed by atoms with van der Waals surface area (Å²) in [5.41, 5.74) is 3.03. The highest BCUT2D eigenvalue weighted by molar-refractivity contribution is 7.13. The molecule has 0 aliphatic rings. The van der Waals surface area contributed by atoms with Crippen molar-refractivity contribution in [2.24, 2.45) is 0 Å². The molecular weight excluding hydrogens is 262 g/mol. The molecular formula is C14H15NO3S. The maximum atomic E-state index is 10.6. The fraction of sp³-hybridized carbons (Fsp3) is 0.286. The number of hydrogen-bond donors (Lipinski definition) is 1. The highest BCUT2D eigenvalue weighted by Gasteiger charge is 2.12. The first kappa shape index (κ1) is 13.7. The number of benzene rings is 1. The van der Waals surface area contributed by atoms with Gasteiger partial charge in [0.1, 0.15) is 5.01 Å². The first-order valence-electron chi connectivity index (χ1n) is 5.92. The molecule has 0 saturated heterocycles. The first-order valence-corrected chi connectivity index (χ1v) is 6.80. The molecule has 0 fully saturated rings. The van der Waals surface area contributed by atoms with Gasteiger partial charge in [-0.25, -0.2) is 9.78 Å². The highest BCUT2D eigenvalue weighted by Crippen LogP contribution is 2.24. The second-order valence-corrected chi connectivity index (χ2v) is 5.16. The minimum Gasteiger partial charge on any atom is -0.479 e. The van der Waals surface area contributed by atoms with Crippen LogP contribution in [-0.4, -0.2) is 22.2 Å². The van der Waals surface area contributed by atoms with Crippen LogP contribution in [0.5, 0.6) is 0 Å². The Morgan fingerprint density at radius 2 is 2.11 bits per heavy atom. The van der Waals surface area contributed by atoms with E-state index in [4.69, 9.17) is 9.84 Å². The van der Waals surface area contributed by atoms with Gasteiger partial charge in [0.15, 0.2) is 6.10 Å². The SMILES string of the molecule is Cc1ccc(-c2nc(COC(C)C(=O)O)cs2)cc1.